The van der Waals surface area contributed by atoms with Gasteiger partial charge in [-0.3, -0.25) is 0 Å². The smallest absolute Gasteiger partial charge is 0.164 e. The number of rotatable bonds is 6. The van der Waals surface area contributed by atoms with Crippen molar-refractivity contribution in [2.75, 3.05) is 0 Å². The Kier molecular flexibility index (Phi) is 5.41. The zero-order valence-corrected chi connectivity index (χ0v) is 15.8. The van der Waals surface area contributed by atoms with Crippen LogP contribution in [0.25, 0.3) is 0 Å². The summed E-state index contributed by atoms with van der Waals surface area (Å²) in [7, 11) is 0. The fourth-order valence-corrected chi connectivity index (χ4v) is 3.60. The molecule has 27 heavy (non-hydrogen) atoms. The number of hydrogen-bond donors (Lipinski definition) is 0. The molecule has 4 nitrogen and oxygen atoms in total. The molecule has 0 bridgehead atoms. The maximum atomic E-state index is 6.16. The lowest BCUT2D eigenvalue weighted by Crippen LogP contribution is -2.46. The maximum Gasteiger partial charge on any atom is 0.164 e. The Morgan fingerprint density at radius 1 is 0.704 bits per heavy atom. The van der Waals surface area contributed by atoms with E-state index in [4.69, 9.17) is 18.9 Å². The van der Waals surface area contributed by atoms with Gasteiger partial charge < -0.3 is 18.9 Å². The van der Waals surface area contributed by atoms with Gasteiger partial charge in [-0.2, -0.15) is 0 Å². The molecule has 1 heterocycles. The molecule has 1 fully saturated rings. The van der Waals surface area contributed by atoms with Gasteiger partial charge in [0.2, 0.25) is 0 Å². The van der Waals surface area contributed by atoms with Gasteiger partial charge in [0.05, 0.1) is 13.2 Å². The van der Waals surface area contributed by atoms with Crippen LogP contribution in [0.4, 0.5) is 0 Å². The fourth-order valence-electron chi connectivity index (χ4n) is 3.60. The van der Waals surface area contributed by atoms with Gasteiger partial charge in [0.15, 0.2) is 5.79 Å². The van der Waals surface area contributed by atoms with Crippen LogP contribution < -0.4 is 0 Å². The fraction of sp³-hybridized carbons (Fsp3) is 0.391. The molecule has 4 heteroatoms. The molecular formula is C23H26O4. The Hall–Kier alpha value is -1.98. The molecule has 0 aromatic heterocycles. The Balaban J connectivity index is 1.44. The lowest BCUT2D eigenvalue weighted by molar-refractivity contribution is -0.160. The van der Waals surface area contributed by atoms with Crippen LogP contribution in [0.2, 0.25) is 0 Å². The van der Waals surface area contributed by atoms with Crippen LogP contribution in [0.5, 0.6) is 0 Å². The highest BCUT2D eigenvalue weighted by Gasteiger charge is 2.50. The number of fused-ring (bicyclic) bond motifs is 1. The predicted molar refractivity (Wildman–Crippen MR) is 103 cm³/mol. The summed E-state index contributed by atoms with van der Waals surface area (Å²) < 4.78 is 24.6. The van der Waals surface area contributed by atoms with E-state index in [0.717, 1.165) is 11.1 Å². The summed E-state index contributed by atoms with van der Waals surface area (Å²) in [5.74, 6) is -0.649. The van der Waals surface area contributed by atoms with Crippen molar-refractivity contribution in [1.29, 1.82) is 0 Å². The summed E-state index contributed by atoms with van der Waals surface area (Å²) in [5.41, 5.74) is 2.28. The lowest BCUT2D eigenvalue weighted by atomic mass is 9.96. The molecule has 4 rings (SSSR count). The molecule has 0 N–H and O–H groups in total. The van der Waals surface area contributed by atoms with Crippen molar-refractivity contribution in [2.45, 2.75) is 57.3 Å². The average molecular weight is 366 g/mol. The van der Waals surface area contributed by atoms with Crippen LogP contribution in [0, 0.1) is 0 Å². The minimum atomic E-state index is -0.649. The third-order valence-electron chi connectivity index (χ3n) is 4.87. The summed E-state index contributed by atoms with van der Waals surface area (Å²) in [5, 5.41) is 0. The highest BCUT2D eigenvalue weighted by molar-refractivity contribution is 5.17. The molecule has 0 spiro atoms. The maximum absolute atomic E-state index is 6.16. The van der Waals surface area contributed by atoms with Gasteiger partial charge in [-0.1, -0.05) is 72.8 Å². The molecule has 2 aromatic carbocycles. The van der Waals surface area contributed by atoms with E-state index in [-0.39, 0.29) is 24.4 Å². The third-order valence-corrected chi connectivity index (χ3v) is 4.87. The van der Waals surface area contributed by atoms with Crippen molar-refractivity contribution in [2.24, 2.45) is 0 Å². The van der Waals surface area contributed by atoms with Gasteiger partial charge in [0, 0.05) is 0 Å². The first-order chi connectivity index (χ1) is 13.1. The molecule has 0 unspecified atom stereocenters. The van der Waals surface area contributed by atoms with Crippen LogP contribution in [-0.4, -0.2) is 30.2 Å². The zero-order valence-electron chi connectivity index (χ0n) is 15.8. The molecular weight excluding hydrogens is 340 g/mol. The summed E-state index contributed by atoms with van der Waals surface area (Å²) in [6, 6.07) is 20.3. The first-order valence-corrected chi connectivity index (χ1v) is 9.46. The second-order valence-electron chi connectivity index (χ2n) is 7.47. The van der Waals surface area contributed by atoms with Crippen molar-refractivity contribution < 1.29 is 18.9 Å². The van der Waals surface area contributed by atoms with Gasteiger partial charge in [0.25, 0.3) is 0 Å². The van der Waals surface area contributed by atoms with Crippen LogP contribution in [-0.2, 0) is 32.2 Å². The second-order valence-corrected chi connectivity index (χ2v) is 7.47. The summed E-state index contributed by atoms with van der Waals surface area (Å²) in [6.07, 6.45) is 3.40. The molecule has 2 aromatic rings. The van der Waals surface area contributed by atoms with E-state index >= 15 is 0 Å². The lowest BCUT2D eigenvalue weighted by Gasteiger charge is -2.32. The number of benzene rings is 2. The van der Waals surface area contributed by atoms with E-state index in [0.29, 0.717) is 13.2 Å². The highest BCUT2D eigenvalue weighted by atomic mass is 16.8. The first kappa shape index (κ1) is 18.4. The van der Waals surface area contributed by atoms with Crippen molar-refractivity contribution in [3.8, 4) is 0 Å². The van der Waals surface area contributed by atoms with Crippen molar-refractivity contribution in [3.63, 3.8) is 0 Å². The van der Waals surface area contributed by atoms with E-state index in [2.05, 4.69) is 24.3 Å². The number of hydrogen-bond acceptors (Lipinski definition) is 4. The van der Waals surface area contributed by atoms with Gasteiger partial charge in [0.1, 0.15) is 24.4 Å². The summed E-state index contributed by atoms with van der Waals surface area (Å²) in [4.78, 5) is 0. The van der Waals surface area contributed by atoms with Crippen LogP contribution in [0.1, 0.15) is 25.0 Å². The molecule has 1 aliphatic carbocycles. The molecule has 0 saturated carbocycles. The van der Waals surface area contributed by atoms with E-state index in [1.165, 1.54) is 0 Å². The molecule has 142 valence electrons. The normalized spacial score (nSPS) is 28.8. The molecule has 1 saturated heterocycles. The van der Waals surface area contributed by atoms with Crippen molar-refractivity contribution in [1.82, 2.24) is 0 Å². The Bertz CT molecular complexity index is 693. The third kappa shape index (κ3) is 4.47. The van der Waals surface area contributed by atoms with E-state index in [1.807, 2.05) is 62.4 Å². The quantitative estimate of drug-likeness (QED) is 0.717. The van der Waals surface area contributed by atoms with Crippen LogP contribution in [0.15, 0.2) is 72.8 Å². The molecule has 2 aliphatic rings. The average Bonchev–Trinajstić information content (AvgIpc) is 3.02. The van der Waals surface area contributed by atoms with E-state index in [9.17, 15) is 0 Å². The van der Waals surface area contributed by atoms with Gasteiger partial charge in [-0.05, 0) is 25.0 Å². The van der Waals surface area contributed by atoms with Crippen molar-refractivity contribution in [3.05, 3.63) is 83.9 Å². The molecule has 0 radical (unpaired) electrons. The minimum Gasteiger partial charge on any atom is -0.367 e. The zero-order chi connectivity index (χ0) is 18.7. The Labute approximate surface area is 160 Å². The SMILES string of the molecule is CC1(C)O[C@@H]2[C@H](O1)[C@@H](OCc1ccccc1)C=C[C@@H]2OCc1ccccc1. The van der Waals surface area contributed by atoms with Crippen molar-refractivity contribution >= 4 is 0 Å². The standard InChI is InChI=1S/C23H26O4/c1-23(2)26-21-19(24-15-17-9-5-3-6-10-17)13-14-20(22(21)27-23)25-16-18-11-7-4-8-12-18/h3-14,19-22H,15-16H2,1-2H3/t19-,20-,21-,22+/m0/s1. The molecule has 4 atom stereocenters. The Morgan fingerprint density at radius 2 is 1.11 bits per heavy atom. The monoisotopic (exact) mass is 366 g/mol. The highest BCUT2D eigenvalue weighted by Crippen LogP contribution is 2.37. The summed E-state index contributed by atoms with van der Waals surface area (Å²) >= 11 is 0. The van der Waals surface area contributed by atoms with Crippen LogP contribution in [0.3, 0.4) is 0 Å². The minimum absolute atomic E-state index is 0.159. The largest absolute Gasteiger partial charge is 0.367 e. The topological polar surface area (TPSA) is 36.9 Å². The summed E-state index contributed by atoms with van der Waals surface area (Å²) in [6.45, 7) is 4.96. The van der Waals surface area contributed by atoms with Gasteiger partial charge >= 0.3 is 0 Å². The second kappa shape index (κ2) is 7.95. The molecule has 0 amide bonds. The Morgan fingerprint density at radius 3 is 1.52 bits per heavy atom. The van der Waals surface area contributed by atoms with E-state index < -0.39 is 5.79 Å². The van der Waals surface area contributed by atoms with Gasteiger partial charge in [-0.25, -0.2) is 0 Å². The van der Waals surface area contributed by atoms with E-state index in [1.54, 1.807) is 0 Å². The molecule has 1 aliphatic heterocycles. The predicted octanol–water partition coefficient (Wildman–Crippen LogP) is 4.25. The van der Waals surface area contributed by atoms with Crippen LogP contribution >= 0.6 is 0 Å². The number of ether oxygens (including phenoxy) is 4. The van der Waals surface area contributed by atoms with Gasteiger partial charge in [-0.15, -0.1) is 0 Å². The first-order valence-electron chi connectivity index (χ1n) is 9.46.